The molecular weight excluding hydrogens is 220 g/mol. The lowest BCUT2D eigenvalue weighted by atomic mass is 10.1. The van der Waals surface area contributed by atoms with Gasteiger partial charge in [-0.1, -0.05) is 13.8 Å². The second kappa shape index (κ2) is 6.47. The van der Waals surface area contributed by atoms with Crippen molar-refractivity contribution in [3.8, 4) is 0 Å². The summed E-state index contributed by atoms with van der Waals surface area (Å²) in [6.45, 7) is 9.40. The Morgan fingerprint density at radius 1 is 1.12 bits per heavy atom. The van der Waals surface area contributed by atoms with Crippen molar-refractivity contribution in [1.29, 1.82) is 0 Å². The number of urea groups is 1. The molecule has 0 saturated carbocycles. The molecule has 1 unspecified atom stereocenters. The zero-order valence-corrected chi connectivity index (χ0v) is 11.6. The van der Waals surface area contributed by atoms with Gasteiger partial charge >= 0.3 is 12.0 Å². The fraction of sp³-hybridized carbons (Fsp3) is 0.833. The summed E-state index contributed by atoms with van der Waals surface area (Å²) in [5.74, 6) is -0.652. The Morgan fingerprint density at radius 3 is 1.88 bits per heavy atom. The number of nitrogens with zero attached hydrogens (tertiary/aromatic N) is 2. The van der Waals surface area contributed by atoms with Crippen molar-refractivity contribution in [1.82, 2.24) is 9.80 Å². The SMILES string of the molecule is CC(C)C(C)N(C)C(=O)N(CC(=O)O)C(C)C. The van der Waals surface area contributed by atoms with Crippen molar-refractivity contribution in [3.63, 3.8) is 0 Å². The van der Waals surface area contributed by atoms with Crippen LogP contribution in [0.4, 0.5) is 4.79 Å². The molecule has 0 aliphatic rings. The van der Waals surface area contributed by atoms with E-state index in [-0.39, 0.29) is 24.7 Å². The standard InChI is InChI=1S/C12H24N2O3/c1-8(2)10(5)13(6)12(17)14(9(3)4)7-11(15)16/h8-10H,7H2,1-6H3,(H,15,16). The Bertz CT molecular complexity index is 277. The van der Waals surface area contributed by atoms with E-state index in [1.807, 2.05) is 34.6 Å². The van der Waals surface area contributed by atoms with Crippen LogP contribution in [0.5, 0.6) is 0 Å². The highest BCUT2D eigenvalue weighted by molar-refractivity contribution is 5.80. The minimum absolute atomic E-state index is 0.0811. The van der Waals surface area contributed by atoms with E-state index >= 15 is 0 Å². The molecule has 0 spiro atoms. The number of hydrogen-bond acceptors (Lipinski definition) is 2. The van der Waals surface area contributed by atoms with Gasteiger partial charge in [-0.05, 0) is 26.7 Å². The van der Waals surface area contributed by atoms with Crippen LogP contribution in [0.3, 0.4) is 0 Å². The third-order valence-electron chi connectivity index (χ3n) is 3.05. The van der Waals surface area contributed by atoms with Gasteiger partial charge < -0.3 is 14.9 Å². The molecule has 1 N–H and O–H groups in total. The number of carboxylic acid groups (broad SMARTS) is 1. The molecule has 0 aromatic rings. The molecule has 0 heterocycles. The van der Waals surface area contributed by atoms with Crippen LogP contribution in [0, 0.1) is 5.92 Å². The van der Waals surface area contributed by atoms with Crippen molar-refractivity contribution < 1.29 is 14.7 Å². The number of carbonyl (C=O) groups is 2. The molecule has 0 aliphatic heterocycles. The van der Waals surface area contributed by atoms with Gasteiger partial charge in [-0.15, -0.1) is 0 Å². The van der Waals surface area contributed by atoms with Crippen LogP contribution in [0.1, 0.15) is 34.6 Å². The predicted molar refractivity (Wildman–Crippen MR) is 66.9 cm³/mol. The third-order valence-corrected chi connectivity index (χ3v) is 3.05. The van der Waals surface area contributed by atoms with Crippen LogP contribution in [-0.4, -0.2) is 52.6 Å². The predicted octanol–water partition coefficient (Wildman–Crippen LogP) is 1.88. The summed E-state index contributed by atoms with van der Waals surface area (Å²) in [7, 11) is 1.71. The Morgan fingerprint density at radius 2 is 1.59 bits per heavy atom. The number of hydrogen-bond donors (Lipinski definition) is 1. The number of amides is 2. The molecule has 100 valence electrons. The number of aliphatic carboxylic acids is 1. The number of rotatable bonds is 5. The van der Waals surface area contributed by atoms with Gasteiger partial charge in [0.05, 0.1) is 0 Å². The van der Waals surface area contributed by atoms with E-state index in [1.165, 1.54) is 4.90 Å². The van der Waals surface area contributed by atoms with Gasteiger partial charge in [-0.25, -0.2) is 4.79 Å². The summed E-state index contributed by atoms with van der Waals surface area (Å²) in [6, 6.07) is -0.276. The van der Waals surface area contributed by atoms with Gasteiger partial charge in [-0.2, -0.15) is 0 Å². The van der Waals surface area contributed by atoms with Gasteiger partial charge in [0.25, 0.3) is 0 Å². The first-order valence-corrected chi connectivity index (χ1v) is 5.93. The van der Waals surface area contributed by atoms with E-state index in [0.29, 0.717) is 5.92 Å². The zero-order chi connectivity index (χ0) is 13.7. The molecule has 0 saturated heterocycles. The van der Waals surface area contributed by atoms with Gasteiger partial charge in [-0.3, -0.25) is 4.79 Å². The average Bonchev–Trinajstić information content (AvgIpc) is 2.21. The van der Waals surface area contributed by atoms with Crippen molar-refractivity contribution in [2.45, 2.75) is 46.7 Å². The summed E-state index contributed by atoms with van der Waals surface area (Å²) in [5, 5.41) is 8.80. The summed E-state index contributed by atoms with van der Waals surface area (Å²) in [6.07, 6.45) is 0. The monoisotopic (exact) mass is 244 g/mol. The van der Waals surface area contributed by atoms with Gasteiger partial charge in [0.1, 0.15) is 6.54 Å². The maximum Gasteiger partial charge on any atom is 0.323 e. The molecule has 5 heteroatoms. The molecule has 0 rings (SSSR count). The third kappa shape index (κ3) is 4.63. The Balaban J connectivity index is 4.77. The van der Waals surface area contributed by atoms with Crippen LogP contribution in [0.25, 0.3) is 0 Å². The highest BCUT2D eigenvalue weighted by Gasteiger charge is 2.26. The van der Waals surface area contributed by atoms with Gasteiger partial charge in [0.15, 0.2) is 0 Å². The topological polar surface area (TPSA) is 60.9 Å². The normalized spacial score (nSPS) is 12.7. The molecule has 17 heavy (non-hydrogen) atoms. The molecule has 0 aromatic carbocycles. The van der Waals surface area contributed by atoms with Crippen molar-refractivity contribution in [2.75, 3.05) is 13.6 Å². The van der Waals surface area contributed by atoms with Crippen molar-refractivity contribution in [2.24, 2.45) is 5.92 Å². The Hall–Kier alpha value is -1.26. The molecule has 1 atom stereocenters. The first kappa shape index (κ1) is 15.7. The highest BCUT2D eigenvalue weighted by Crippen LogP contribution is 2.12. The summed E-state index contributed by atoms with van der Waals surface area (Å²) >= 11 is 0. The smallest absolute Gasteiger partial charge is 0.323 e. The number of carboxylic acids is 1. The quantitative estimate of drug-likeness (QED) is 0.803. The van der Waals surface area contributed by atoms with Crippen LogP contribution in [0.15, 0.2) is 0 Å². The van der Waals surface area contributed by atoms with Gasteiger partial charge in [0, 0.05) is 19.1 Å². The molecule has 2 amide bonds. The highest BCUT2D eigenvalue weighted by atomic mass is 16.4. The second-order valence-electron chi connectivity index (χ2n) is 4.99. The van der Waals surface area contributed by atoms with E-state index < -0.39 is 5.97 Å². The maximum atomic E-state index is 12.2. The molecule has 0 fully saturated rings. The van der Waals surface area contributed by atoms with Crippen LogP contribution < -0.4 is 0 Å². The largest absolute Gasteiger partial charge is 0.480 e. The van der Waals surface area contributed by atoms with E-state index in [1.54, 1.807) is 11.9 Å². The van der Waals surface area contributed by atoms with Crippen molar-refractivity contribution >= 4 is 12.0 Å². The molecule has 0 aliphatic carbocycles. The molecule has 0 aromatic heterocycles. The number of carbonyl (C=O) groups excluding carboxylic acids is 1. The first-order chi connectivity index (χ1) is 7.68. The van der Waals surface area contributed by atoms with Crippen LogP contribution in [-0.2, 0) is 4.79 Å². The lowest BCUT2D eigenvalue weighted by Gasteiger charge is -2.34. The van der Waals surface area contributed by atoms with E-state index in [2.05, 4.69) is 0 Å². The van der Waals surface area contributed by atoms with Crippen LogP contribution >= 0.6 is 0 Å². The fourth-order valence-corrected chi connectivity index (χ4v) is 1.44. The lowest BCUT2D eigenvalue weighted by molar-refractivity contribution is -0.138. The minimum Gasteiger partial charge on any atom is -0.480 e. The summed E-state index contributed by atoms with van der Waals surface area (Å²) in [5.41, 5.74) is 0. The van der Waals surface area contributed by atoms with E-state index in [9.17, 15) is 9.59 Å². The second-order valence-corrected chi connectivity index (χ2v) is 4.99. The Labute approximate surface area is 103 Å². The first-order valence-electron chi connectivity index (χ1n) is 5.93. The molecule has 0 radical (unpaired) electrons. The van der Waals surface area contributed by atoms with E-state index in [4.69, 9.17) is 5.11 Å². The zero-order valence-electron chi connectivity index (χ0n) is 11.6. The maximum absolute atomic E-state index is 12.2. The average molecular weight is 244 g/mol. The Kier molecular flexibility index (Phi) is 5.99. The van der Waals surface area contributed by atoms with E-state index in [0.717, 1.165) is 0 Å². The van der Waals surface area contributed by atoms with Crippen LogP contribution in [0.2, 0.25) is 0 Å². The molecule has 5 nitrogen and oxygen atoms in total. The molecular formula is C12H24N2O3. The molecule has 0 bridgehead atoms. The lowest BCUT2D eigenvalue weighted by Crippen LogP contribution is -2.50. The van der Waals surface area contributed by atoms with Crippen molar-refractivity contribution in [3.05, 3.63) is 0 Å². The summed E-state index contributed by atoms with van der Waals surface area (Å²) in [4.78, 5) is 25.9. The summed E-state index contributed by atoms with van der Waals surface area (Å²) < 4.78 is 0. The minimum atomic E-state index is -0.988. The van der Waals surface area contributed by atoms with Gasteiger partial charge in [0.2, 0.25) is 0 Å². The fourth-order valence-electron chi connectivity index (χ4n) is 1.44.